The van der Waals surface area contributed by atoms with E-state index in [1.54, 1.807) is 18.2 Å². The van der Waals surface area contributed by atoms with Crippen LogP contribution in [0.2, 0.25) is 0 Å². The largest absolute Gasteiger partial charge is 0.619 e. The second-order valence-electron chi connectivity index (χ2n) is 4.26. The maximum Gasteiger partial charge on any atom is 0.256 e. The molecule has 0 spiro atoms. The van der Waals surface area contributed by atoms with E-state index in [1.165, 1.54) is 24.5 Å². The van der Waals surface area contributed by atoms with E-state index in [2.05, 4.69) is 5.32 Å². The number of aromatic nitrogens is 1. The molecule has 1 aromatic heterocycles. The Kier molecular flexibility index (Phi) is 3.12. The lowest BCUT2D eigenvalue weighted by Gasteiger charge is -2.19. The number of fused-ring (bicyclic) bond motifs is 1. The van der Waals surface area contributed by atoms with Gasteiger partial charge >= 0.3 is 0 Å². The molecule has 6 heteroatoms. The van der Waals surface area contributed by atoms with Gasteiger partial charge in [0, 0.05) is 23.9 Å². The number of anilines is 1. The molecular formula is C14H12N2O4. The molecule has 0 atom stereocenters. The summed E-state index contributed by atoms with van der Waals surface area (Å²) in [5.41, 5.74) is 1.02. The molecule has 0 aliphatic carbocycles. The van der Waals surface area contributed by atoms with Crippen LogP contribution in [0.1, 0.15) is 10.4 Å². The van der Waals surface area contributed by atoms with Crippen LogP contribution >= 0.6 is 0 Å². The number of nitrogens with one attached hydrogen (secondary N) is 1. The average Bonchev–Trinajstić information content (AvgIpc) is 2.48. The van der Waals surface area contributed by atoms with Gasteiger partial charge in [-0.1, -0.05) is 0 Å². The van der Waals surface area contributed by atoms with Gasteiger partial charge in [0.2, 0.25) is 0 Å². The van der Waals surface area contributed by atoms with Crippen molar-refractivity contribution in [2.75, 3.05) is 18.5 Å². The second-order valence-corrected chi connectivity index (χ2v) is 4.26. The van der Waals surface area contributed by atoms with Gasteiger partial charge in [-0.25, -0.2) is 0 Å². The molecule has 0 saturated heterocycles. The van der Waals surface area contributed by atoms with E-state index in [9.17, 15) is 10.0 Å². The lowest BCUT2D eigenvalue weighted by Crippen LogP contribution is -2.25. The highest BCUT2D eigenvalue weighted by Crippen LogP contribution is 2.32. The molecule has 2 heterocycles. The first-order valence-electron chi connectivity index (χ1n) is 6.12. The third-order valence-corrected chi connectivity index (χ3v) is 2.86. The molecule has 20 heavy (non-hydrogen) atoms. The van der Waals surface area contributed by atoms with Gasteiger partial charge in [-0.15, -0.1) is 0 Å². The Bertz CT molecular complexity index is 640. The van der Waals surface area contributed by atoms with Crippen molar-refractivity contribution in [2.24, 2.45) is 0 Å². The molecule has 0 bridgehead atoms. The van der Waals surface area contributed by atoms with Crippen molar-refractivity contribution in [3.63, 3.8) is 0 Å². The minimum atomic E-state index is -0.290. The summed E-state index contributed by atoms with van der Waals surface area (Å²) in [5.74, 6) is 0.989. The molecule has 1 N–H and O–H groups in total. The Hall–Kier alpha value is -2.76. The van der Waals surface area contributed by atoms with Crippen LogP contribution in [0.15, 0.2) is 42.7 Å². The molecule has 1 aliphatic rings. The number of ether oxygens (including phenoxy) is 2. The highest BCUT2D eigenvalue weighted by atomic mass is 16.6. The fourth-order valence-corrected chi connectivity index (χ4v) is 1.89. The Morgan fingerprint density at radius 1 is 1.10 bits per heavy atom. The van der Waals surface area contributed by atoms with E-state index in [0.29, 0.717) is 40.7 Å². The summed E-state index contributed by atoms with van der Waals surface area (Å²) >= 11 is 0. The minimum absolute atomic E-state index is 0.290. The van der Waals surface area contributed by atoms with Gasteiger partial charge in [-0.05, 0) is 12.1 Å². The normalized spacial score (nSPS) is 12.8. The fourth-order valence-electron chi connectivity index (χ4n) is 1.89. The van der Waals surface area contributed by atoms with Crippen LogP contribution in [0.4, 0.5) is 5.69 Å². The first-order valence-corrected chi connectivity index (χ1v) is 6.12. The molecule has 3 rings (SSSR count). The quantitative estimate of drug-likeness (QED) is 0.661. The van der Waals surface area contributed by atoms with E-state index in [4.69, 9.17) is 9.47 Å². The standard InChI is InChI=1S/C14H12N2O4/c17-14(10-3-5-16(18)6-4-10)15-11-1-2-12-13(9-11)20-8-7-19-12/h1-6,9H,7-8H2,(H,15,17). The maximum atomic E-state index is 12.0. The van der Waals surface area contributed by atoms with E-state index in [1.807, 2.05) is 0 Å². The third kappa shape index (κ3) is 2.49. The second kappa shape index (κ2) is 5.08. The minimum Gasteiger partial charge on any atom is -0.619 e. The van der Waals surface area contributed by atoms with Gasteiger partial charge in [0.05, 0.1) is 5.56 Å². The third-order valence-electron chi connectivity index (χ3n) is 2.86. The van der Waals surface area contributed by atoms with Crippen molar-refractivity contribution < 1.29 is 19.0 Å². The summed E-state index contributed by atoms with van der Waals surface area (Å²) < 4.78 is 11.5. The monoisotopic (exact) mass is 272 g/mol. The summed E-state index contributed by atoms with van der Waals surface area (Å²) in [7, 11) is 0. The summed E-state index contributed by atoms with van der Waals surface area (Å²) in [6.45, 7) is 1.02. The first kappa shape index (κ1) is 12.3. The summed E-state index contributed by atoms with van der Waals surface area (Å²) in [4.78, 5) is 12.0. The molecule has 6 nitrogen and oxygen atoms in total. The van der Waals surface area contributed by atoms with Gasteiger partial charge in [0.15, 0.2) is 23.9 Å². The number of carbonyl (C=O) groups is 1. The molecule has 0 fully saturated rings. The van der Waals surface area contributed by atoms with Crippen molar-refractivity contribution in [3.8, 4) is 11.5 Å². The molecule has 102 valence electrons. The molecule has 1 amide bonds. The highest BCUT2D eigenvalue weighted by molar-refractivity contribution is 6.04. The van der Waals surface area contributed by atoms with Crippen LogP contribution in [0.5, 0.6) is 11.5 Å². The SMILES string of the molecule is O=C(Nc1ccc2c(c1)OCCO2)c1cc[n+]([O-])cc1. The zero-order valence-electron chi connectivity index (χ0n) is 10.5. The number of rotatable bonds is 2. The first-order chi connectivity index (χ1) is 9.72. The number of pyridine rings is 1. The molecule has 1 aromatic carbocycles. The van der Waals surface area contributed by atoms with Gasteiger partial charge in [0.25, 0.3) is 5.91 Å². The number of hydrogen-bond donors (Lipinski definition) is 1. The fraction of sp³-hybridized carbons (Fsp3) is 0.143. The topological polar surface area (TPSA) is 74.5 Å². The Morgan fingerprint density at radius 2 is 1.80 bits per heavy atom. The van der Waals surface area contributed by atoms with Gasteiger partial charge in [-0.3, -0.25) is 4.79 Å². The van der Waals surface area contributed by atoms with Crippen molar-refractivity contribution >= 4 is 11.6 Å². The average molecular weight is 272 g/mol. The van der Waals surface area contributed by atoms with Crippen LogP contribution in [-0.4, -0.2) is 19.1 Å². The molecule has 0 unspecified atom stereocenters. The summed E-state index contributed by atoms with van der Waals surface area (Å²) in [6, 6.07) is 8.12. The molecule has 0 radical (unpaired) electrons. The van der Waals surface area contributed by atoms with Crippen LogP contribution in [0.3, 0.4) is 0 Å². The maximum absolute atomic E-state index is 12.0. The number of carbonyl (C=O) groups excluding carboxylic acids is 1. The van der Waals surface area contributed by atoms with E-state index >= 15 is 0 Å². The molecular weight excluding hydrogens is 260 g/mol. The van der Waals surface area contributed by atoms with Gasteiger partial charge < -0.3 is 20.0 Å². The van der Waals surface area contributed by atoms with E-state index in [-0.39, 0.29) is 5.91 Å². The predicted octanol–water partition coefficient (Wildman–Crippen LogP) is 1.34. The lowest BCUT2D eigenvalue weighted by atomic mass is 10.2. The van der Waals surface area contributed by atoms with E-state index in [0.717, 1.165) is 0 Å². The number of amides is 1. The van der Waals surface area contributed by atoms with Crippen LogP contribution in [0.25, 0.3) is 0 Å². The van der Waals surface area contributed by atoms with Crippen molar-refractivity contribution in [1.82, 2.24) is 0 Å². The molecule has 2 aromatic rings. The Morgan fingerprint density at radius 3 is 2.55 bits per heavy atom. The predicted molar refractivity (Wildman–Crippen MR) is 70.8 cm³/mol. The Labute approximate surface area is 115 Å². The van der Waals surface area contributed by atoms with Gasteiger partial charge in [-0.2, -0.15) is 4.73 Å². The molecule has 0 saturated carbocycles. The van der Waals surface area contributed by atoms with Crippen LogP contribution in [-0.2, 0) is 0 Å². The van der Waals surface area contributed by atoms with Gasteiger partial charge in [0.1, 0.15) is 13.2 Å². The summed E-state index contributed by atoms with van der Waals surface area (Å²) in [6.07, 6.45) is 2.55. The van der Waals surface area contributed by atoms with Crippen molar-refractivity contribution in [2.45, 2.75) is 0 Å². The smallest absolute Gasteiger partial charge is 0.256 e. The zero-order chi connectivity index (χ0) is 13.9. The van der Waals surface area contributed by atoms with Crippen molar-refractivity contribution in [1.29, 1.82) is 0 Å². The zero-order valence-corrected chi connectivity index (χ0v) is 10.5. The number of hydrogen-bond acceptors (Lipinski definition) is 4. The summed E-state index contributed by atoms with van der Waals surface area (Å²) in [5, 5.41) is 13.7. The molecule has 1 aliphatic heterocycles. The van der Waals surface area contributed by atoms with E-state index < -0.39 is 0 Å². The Balaban J connectivity index is 1.77. The van der Waals surface area contributed by atoms with Crippen molar-refractivity contribution in [3.05, 3.63) is 53.5 Å². The number of benzene rings is 1. The highest BCUT2D eigenvalue weighted by Gasteiger charge is 2.13. The van der Waals surface area contributed by atoms with Crippen LogP contribution < -0.4 is 19.5 Å². The number of nitrogens with zero attached hydrogens (tertiary/aromatic N) is 1. The lowest BCUT2D eigenvalue weighted by molar-refractivity contribution is -0.605. The van der Waals surface area contributed by atoms with Crippen LogP contribution in [0, 0.1) is 5.21 Å².